The van der Waals surface area contributed by atoms with E-state index in [1.165, 1.54) is 0 Å². The zero-order valence-corrected chi connectivity index (χ0v) is 17.2. The molecule has 0 aromatic carbocycles. The van der Waals surface area contributed by atoms with Gasteiger partial charge in [0.1, 0.15) is 5.54 Å². The predicted octanol–water partition coefficient (Wildman–Crippen LogP) is 2.37. The van der Waals surface area contributed by atoms with Gasteiger partial charge in [-0.2, -0.15) is 0 Å². The summed E-state index contributed by atoms with van der Waals surface area (Å²) in [5.74, 6) is -0.995. The fourth-order valence-electron chi connectivity index (χ4n) is 2.39. The third-order valence-corrected chi connectivity index (χ3v) is 5.28. The highest BCUT2D eigenvalue weighted by Crippen LogP contribution is 2.22. The number of carbonyl (C=O) groups excluding carboxylic acids is 3. The Bertz CT molecular complexity index is 463. The van der Waals surface area contributed by atoms with Crippen LogP contribution in [-0.2, 0) is 14.4 Å². The molecule has 6 heteroatoms. The minimum Gasteiger partial charge on any atom is -0.353 e. The van der Waals surface area contributed by atoms with Gasteiger partial charge in [-0.15, -0.1) is 0 Å². The minimum absolute atomic E-state index is 0.0630. The van der Waals surface area contributed by atoms with Crippen LogP contribution in [0.4, 0.5) is 0 Å². The lowest BCUT2D eigenvalue weighted by Crippen LogP contribution is -2.63. The first-order valence-corrected chi connectivity index (χ1v) is 9.26. The summed E-state index contributed by atoms with van der Waals surface area (Å²) >= 11 is 0. The van der Waals surface area contributed by atoms with Gasteiger partial charge in [-0.1, -0.05) is 40.5 Å². The molecule has 0 fully saturated rings. The van der Waals surface area contributed by atoms with E-state index in [0.717, 1.165) is 19.3 Å². The van der Waals surface area contributed by atoms with Gasteiger partial charge in [-0.3, -0.25) is 14.4 Å². The lowest BCUT2D eigenvalue weighted by Gasteiger charge is -2.38. The second-order valence-electron chi connectivity index (χ2n) is 8.07. The zero-order valence-electron chi connectivity index (χ0n) is 17.2. The Balaban J connectivity index is 5.16. The molecule has 0 saturated carbocycles. The highest BCUT2D eigenvalue weighted by molar-refractivity contribution is 5.92. The Kier molecular flexibility index (Phi) is 9.16. The minimum atomic E-state index is -1.01. The van der Waals surface area contributed by atoms with E-state index in [1.54, 1.807) is 27.7 Å². The molecule has 146 valence electrons. The monoisotopic (exact) mass is 355 g/mol. The lowest BCUT2D eigenvalue weighted by atomic mass is 9.83. The number of hydrogen-bond acceptors (Lipinski definition) is 3. The van der Waals surface area contributed by atoms with Crippen molar-refractivity contribution >= 4 is 18.2 Å². The van der Waals surface area contributed by atoms with Crippen molar-refractivity contribution in [3.63, 3.8) is 0 Å². The van der Waals surface area contributed by atoms with E-state index in [4.69, 9.17) is 0 Å². The zero-order chi connectivity index (χ0) is 19.8. The van der Waals surface area contributed by atoms with Gasteiger partial charge < -0.3 is 16.0 Å². The van der Waals surface area contributed by atoms with Crippen LogP contribution >= 0.6 is 0 Å². The molecule has 3 atom stereocenters. The van der Waals surface area contributed by atoms with Gasteiger partial charge in [0.15, 0.2) is 0 Å². The van der Waals surface area contributed by atoms with E-state index < -0.39 is 17.0 Å². The van der Waals surface area contributed by atoms with Crippen LogP contribution in [-0.4, -0.2) is 35.3 Å². The molecule has 3 amide bonds. The van der Waals surface area contributed by atoms with Crippen LogP contribution in [0.1, 0.15) is 74.7 Å². The molecule has 0 bridgehead atoms. The molecule has 3 N–H and O–H groups in total. The average Bonchev–Trinajstić information content (AvgIpc) is 2.51. The molecule has 0 aliphatic heterocycles. The SMILES string of the molecule is CCCCC(C)NC(=O)C(C)(NC(=O)C(C)C(C)(C)NC=O)C(C)C. The van der Waals surface area contributed by atoms with Crippen molar-refractivity contribution in [1.82, 2.24) is 16.0 Å². The third kappa shape index (κ3) is 6.67. The summed E-state index contributed by atoms with van der Waals surface area (Å²) in [5.41, 5.74) is -1.71. The Hall–Kier alpha value is -1.59. The molecule has 0 heterocycles. The van der Waals surface area contributed by atoms with Gasteiger partial charge in [0.05, 0.1) is 5.92 Å². The maximum Gasteiger partial charge on any atom is 0.245 e. The maximum atomic E-state index is 12.8. The average molecular weight is 356 g/mol. The van der Waals surface area contributed by atoms with Crippen molar-refractivity contribution in [2.75, 3.05) is 0 Å². The lowest BCUT2D eigenvalue weighted by molar-refractivity contribution is -0.138. The number of rotatable bonds is 11. The Morgan fingerprint density at radius 3 is 2.08 bits per heavy atom. The smallest absolute Gasteiger partial charge is 0.245 e. The summed E-state index contributed by atoms with van der Waals surface area (Å²) in [6, 6.07) is 0.0630. The quantitative estimate of drug-likeness (QED) is 0.497. The van der Waals surface area contributed by atoms with Crippen molar-refractivity contribution in [1.29, 1.82) is 0 Å². The van der Waals surface area contributed by atoms with Gasteiger partial charge in [-0.25, -0.2) is 0 Å². The fraction of sp³-hybridized carbons (Fsp3) is 0.842. The van der Waals surface area contributed by atoms with E-state index in [1.807, 2.05) is 20.8 Å². The molecule has 0 rings (SSSR count). The van der Waals surface area contributed by atoms with Crippen LogP contribution < -0.4 is 16.0 Å². The van der Waals surface area contributed by atoms with Gasteiger partial charge in [-0.05, 0) is 40.0 Å². The first-order valence-electron chi connectivity index (χ1n) is 9.26. The molecule has 25 heavy (non-hydrogen) atoms. The summed E-state index contributed by atoms with van der Waals surface area (Å²) in [7, 11) is 0. The number of hydrogen-bond donors (Lipinski definition) is 3. The Labute approximate surface area is 152 Å². The van der Waals surface area contributed by atoms with Crippen LogP contribution in [0, 0.1) is 11.8 Å². The first kappa shape index (κ1) is 23.4. The summed E-state index contributed by atoms with van der Waals surface area (Å²) in [6.45, 7) is 15.0. The molecular formula is C19H37N3O3. The molecule has 0 saturated heterocycles. The summed E-state index contributed by atoms with van der Waals surface area (Å²) in [4.78, 5) is 36.3. The predicted molar refractivity (Wildman–Crippen MR) is 101 cm³/mol. The van der Waals surface area contributed by atoms with E-state index in [2.05, 4.69) is 22.9 Å². The molecule has 0 aliphatic carbocycles. The van der Waals surface area contributed by atoms with E-state index >= 15 is 0 Å². The molecule has 3 unspecified atom stereocenters. The largest absolute Gasteiger partial charge is 0.353 e. The van der Waals surface area contributed by atoms with Crippen molar-refractivity contribution in [3.05, 3.63) is 0 Å². The maximum absolute atomic E-state index is 12.8. The number of carbonyl (C=O) groups is 3. The molecule has 0 aromatic rings. The van der Waals surface area contributed by atoms with Gasteiger partial charge in [0.25, 0.3) is 0 Å². The highest BCUT2D eigenvalue weighted by atomic mass is 16.2. The third-order valence-electron chi connectivity index (χ3n) is 5.28. The molecule has 0 aromatic heterocycles. The van der Waals surface area contributed by atoms with Crippen LogP contribution in [0.5, 0.6) is 0 Å². The van der Waals surface area contributed by atoms with Crippen LogP contribution in [0.2, 0.25) is 0 Å². The van der Waals surface area contributed by atoms with Crippen molar-refractivity contribution in [3.8, 4) is 0 Å². The fourth-order valence-corrected chi connectivity index (χ4v) is 2.39. The number of amides is 3. The van der Waals surface area contributed by atoms with E-state index in [9.17, 15) is 14.4 Å². The summed E-state index contributed by atoms with van der Waals surface area (Å²) < 4.78 is 0. The Morgan fingerprint density at radius 1 is 1.08 bits per heavy atom. The summed E-state index contributed by atoms with van der Waals surface area (Å²) in [5, 5.41) is 8.59. The van der Waals surface area contributed by atoms with Gasteiger partial charge >= 0.3 is 0 Å². The molecule has 0 radical (unpaired) electrons. The van der Waals surface area contributed by atoms with Crippen molar-refractivity contribution in [2.24, 2.45) is 11.8 Å². The normalized spacial score (nSPS) is 16.5. The molecule has 0 spiro atoms. The summed E-state index contributed by atoms with van der Waals surface area (Å²) in [6.07, 6.45) is 3.63. The molecule has 0 aliphatic rings. The van der Waals surface area contributed by atoms with Crippen molar-refractivity contribution in [2.45, 2.75) is 91.8 Å². The van der Waals surface area contributed by atoms with E-state index in [0.29, 0.717) is 6.41 Å². The van der Waals surface area contributed by atoms with E-state index in [-0.39, 0.29) is 23.8 Å². The standard InChI is InChI=1S/C19H37N3O3/c1-9-10-11-14(4)21-17(25)19(8,13(2)3)22-16(24)15(5)18(6,7)20-12-23/h12-15H,9-11H2,1-8H3,(H,20,23)(H,21,25)(H,22,24). The first-order chi connectivity index (χ1) is 11.4. The Morgan fingerprint density at radius 2 is 1.64 bits per heavy atom. The molecule has 6 nitrogen and oxygen atoms in total. The number of unbranched alkanes of at least 4 members (excludes halogenated alkanes) is 1. The van der Waals surface area contributed by atoms with Gasteiger partial charge in [0.2, 0.25) is 18.2 Å². The second kappa shape index (κ2) is 9.78. The topological polar surface area (TPSA) is 87.3 Å². The highest BCUT2D eigenvalue weighted by Gasteiger charge is 2.41. The van der Waals surface area contributed by atoms with Crippen molar-refractivity contribution < 1.29 is 14.4 Å². The van der Waals surface area contributed by atoms with Crippen LogP contribution in [0.25, 0.3) is 0 Å². The van der Waals surface area contributed by atoms with Gasteiger partial charge in [0, 0.05) is 11.6 Å². The molecular weight excluding hydrogens is 318 g/mol. The second-order valence-corrected chi connectivity index (χ2v) is 8.07. The van der Waals surface area contributed by atoms with Crippen LogP contribution in [0.15, 0.2) is 0 Å². The van der Waals surface area contributed by atoms with Crippen LogP contribution in [0.3, 0.4) is 0 Å². The number of nitrogens with one attached hydrogen (secondary N) is 3.